The molecule has 1 heterocycles. The molecule has 2 amide bonds. The first-order valence-electron chi connectivity index (χ1n) is 7.47. The van der Waals surface area contributed by atoms with Crippen LogP contribution in [0.3, 0.4) is 0 Å². The van der Waals surface area contributed by atoms with Crippen molar-refractivity contribution in [3.05, 3.63) is 58.1 Å². The van der Waals surface area contributed by atoms with Crippen LogP contribution < -0.4 is 10.1 Å². The van der Waals surface area contributed by atoms with Crippen LogP contribution in [0, 0.1) is 11.6 Å². The summed E-state index contributed by atoms with van der Waals surface area (Å²) in [5.74, 6) is -0.441. The van der Waals surface area contributed by atoms with Crippen molar-refractivity contribution in [2.45, 2.75) is 5.37 Å². The molecular formula is C17H15BrF2N2O2S. The van der Waals surface area contributed by atoms with E-state index in [1.165, 1.54) is 6.07 Å². The molecule has 25 heavy (non-hydrogen) atoms. The smallest absolute Gasteiger partial charge is 0.323 e. The summed E-state index contributed by atoms with van der Waals surface area (Å²) in [5.41, 5.74) is 1.17. The van der Waals surface area contributed by atoms with Gasteiger partial charge in [0.15, 0.2) is 11.6 Å². The number of benzene rings is 2. The van der Waals surface area contributed by atoms with Gasteiger partial charge in [0.25, 0.3) is 0 Å². The average molecular weight is 429 g/mol. The molecule has 0 bridgehead atoms. The lowest BCUT2D eigenvalue weighted by molar-refractivity contribution is 0.214. The zero-order chi connectivity index (χ0) is 18.0. The zero-order valence-corrected chi connectivity index (χ0v) is 15.7. The standard InChI is InChI=1S/C17H15BrF2N2O2S/c1-24-15-5-2-10(8-12(15)18)16-22(6-7-25-16)17(23)21-11-3-4-13(19)14(20)9-11/h2-5,8-9,16H,6-7H2,1H3,(H,21,23). The van der Waals surface area contributed by atoms with Gasteiger partial charge in [-0.25, -0.2) is 13.6 Å². The Labute approximate surface area is 156 Å². The molecule has 1 N–H and O–H groups in total. The number of hydrogen-bond acceptors (Lipinski definition) is 3. The fourth-order valence-electron chi connectivity index (χ4n) is 2.56. The molecule has 0 spiro atoms. The largest absolute Gasteiger partial charge is 0.496 e. The van der Waals surface area contributed by atoms with Gasteiger partial charge in [-0.3, -0.25) is 0 Å². The van der Waals surface area contributed by atoms with Crippen LogP contribution in [0.15, 0.2) is 40.9 Å². The number of anilines is 1. The minimum atomic E-state index is -0.996. The summed E-state index contributed by atoms with van der Waals surface area (Å²) in [6, 6.07) is 8.59. The lowest BCUT2D eigenvalue weighted by atomic mass is 10.2. The monoisotopic (exact) mass is 428 g/mol. The van der Waals surface area contributed by atoms with Crippen molar-refractivity contribution in [2.75, 3.05) is 24.7 Å². The molecule has 0 aromatic heterocycles. The van der Waals surface area contributed by atoms with E-state index in [1.54, 1.807) is 23.8 Å². The predicted octanol–water partition coefficient (Wildman–Crippen LogP) is 5.02. The molecule has 1 aliphatic rings. The van der Waals surface area contributed by atoms with E-state index in [4.69, 9.17) is 4.74 Å². The van der Waals surface area contributed by atoms with Crippen molar-refractivity contribution in [1.29, 1.82) is 0 Å². The number of urea groups is 1. The first kappa shape index (κ1) is 18.0. The van der Waals surface area contributed by atoms with Gasteiger partial charge in [0.05, 0.1) is 11.6 Å². The Balaban J connectivity index is 1.77. The minimum Gasteiger partial charge on any atom is -0.496 e. The van der Waals surface area contributed by atoms with E-state index in [0.717, 1.165) is 27.9 Å². The Kier molecular flexibility index (Phi) is 5.48. The summed E-state index contributed by atoms with van der Waals surface area (Å²) in [5, 5.41) is 2.46. The molecule has 2 aromatic carbocycles. The molecule has 1 saturated heterocycles. The second-order valence-electron chi connectivity index (χ2n) is 5.37. The third-order valence-corrected chi connectivity index (χ3v) is 5.66. The highest BCUT2D eigenvalue weighted by Crippen LogP contribution is 2.40. The zero-order valence-electron chi connectivity index (χ0n) is 13.3. The number of nitrogens with one attached hydrogen (secondary N) is 1. The number of halogens is 3. The molecule has 1 aliphatic heterocycles. The van der Waals surface area contributed by atoms with Gasteiger partial charge in [0, 0.05) is 24.1 Å². The maximum atomic E-state index is 13.3. The first-order valence-corrected chi connectivity index (χ1v) is 9.31. The van der Waals surface area contributed by atoms with E-state index in [-0.39, 0.29) is 17.1 Å². The van der Waals surface area contributed by atoms with Crippen molar-refractivity contribution in [1.82, 2.24) is 4.90 Å². The van der Waals surface area contributed by atoms with E-state index in [2.05, 4.69) is 21.2 Å². The summed E-state index contributed by atoms with van der Waals surface area (Å²) < 4.78 is 32.3. The molecule has 2 aromatic rings. The second-order valence-corrected chi connectivity index (χ2v) is 7.41. The maximum absolute atomic E-state index is 13.3. The molecule has 1 atom stereocenters. The van der Waals surface area contributed by atoms with Gasteiger partial charge in [-0.15, -0.1) is 11.8 Å². The Morgan fingerprint density at radius 3 is 2.76 bits per heavy atom. The topological polar surface area (TPSA) is 41.6 Å². The summed E-state index contributed by atoms with van der Waals surface area (Å²) in [4.78, 5) is 14.2. The Bertz CT molecular complexity index is 806. The minimum absolute atomic E-state index is 0.160. The summed E-state index contributed by atoms with van der Waals surface area (Å²) in [6.45, 7) is 0.564. The summed E-state index contributed by atoms with van der Waals surface area (Å²) in [7, 11) is 1.59. The fourth-order valence-corrected chi connectivity index (χ4v) is 4.36. The van der Waals surface area contributed by atoms with E-state index < -0.39 is 11.6 Å². The van der Waals surface area contributed by atoms with Crippen LogP contribution in [0.1, 0.15) is 10.9 Å². The van der Waals surface area contributed by atoms with Crippen LogP contribution in [-0.4, -0.2) is 30.3 Å². The van der Waals surface area contributed by atoms with E-state index in [1.807, 2.05) is 18.2 Å². The summed E-state index contributed by atoms with van der Waals surface area (Å²) >= 11 is 5.09. The fraction of sp³-hybridized carbons (Fsp3) is 0.235. The van der Waals surface area contributed by atoms with Crippen LogP contribution in [-0.2, 0) is 0 Å². The molecule has 0 aliphatic carbocycles. The number of thioether (sulfide) groups is 1. The van der Waals surface area contributed by atoms with E-state index >= 15 is 0 Å². The molecule has 0 radical (unpaired) electrons. The molecule has 0 saturated carbocycles. The van der Waals surface area contributed by atoms with Crippen LogP contribution in [0.4, 0.5) is 19.3 Å². The molecule has 8 heteroatoms. The van der Waals surface area contributed by atoms with Gasteiger partial charge in [0.2, 0.25) is 0 Å². The van der Waals surface area contributed by atoms with Crippen LogP contribution in [0.25, 0.3) is 0 Å². The highest BCUT2D eigenvalue weighted by molar-refractivity contribution is 9.10. The second kappa shape index (κ2) is 7.61. The maximum Gasteiger partial charge on any atom is 0.323 e. The predicted molar refractivity (Wildman–Crippen MR) is 98.0 cm³/mol. The molecule has 1 fully saturated rings. The lowest BCUT2D eigenvalue weighted by Gasteiger charge is -2.25. The van der Waals surface area contributed by atoms with Crippen LogP contribution in [0.5, 0.6) is 5.75 Å². The Hall–Kier alpha value is -1.80. The van der Waals surface area contributed by atoms with Gasteiger partial charge >= 0.3 is 6.03 Å². The number of carbonyl (C=O) groups is 1. The number of ether oxygens (including phenoxy) is 1. The number of nitrogens with zero attached hydrogens (tertiary/aromatic N) is 1. The van der Waals surface area contributed by atoms with E-state index in [0.29, 0.717) is 12.3 Å². The molecular weight excluding hydrogens is 414 g/mol. The third-order valence-electron chi connectivity index (χ3n) is 3.78. The van der Waals surface area contributed by atoms with Crippen molar-refractivity contribution in [3.8, 4) is 5.75 Å². The first-order chi connectivity index (χ1) is 12.0. The van der Waals surface area contributed by atoms with E-state index in [9.17, 15) is 13.6 Å². The average Bonchev–Trinajstić information content (AvgIpc) is 3.08. The SMILES string of the molecule is COc1ccc(C2SCCN2C(=O)Nc2ccc(F)c(F)c2)cc1Br. The normalized spacial score (nSPS) is 16.8. The quantitative estimate of drug-likeness (QED) is 0.746. The van der Waals surface area contributed by atoms with Crippen LogP contribution in [0.2, 0.25) is 0 Å². The van der Waals surface area contributed by atoms with Crippen molar-refractivity contribution < 1.29 is 18.3 Å². The molecule has 132 valence electrons. The molecule has 3 rings (SSSR count). The number of hydrogen-bond donors (Lipinski definition) is 1. The van der Waals surface area contributed by atoms with Crippen molar-refractivity contribution in [2.24, 2.45) is 0 Å². The van der Waals surface area contributed by atoms with Gasteiger partial charge in [-0.05, 0) is 45.8 Å². The number of carbonyl (C=O) groups excluding carboxylic acids is 1. The van der Waals surface area contributed by atoms with Gasteiger partial charge in [0.1, 0.15) is 11.1 Å². The highest BCUT2D eigenvalue weighted by Gasteiger charge is 2.31. The molecule has 4 nitrogen and oxygen atoms in total. The van der Waals surface area contributed by atoms with Crippen molar-refractivity contribution in [3.63, 3.8) is 0 Å². The van der Waals surface area contributed by atoms with Crippen LogP contribution >= 0.6 is 27.7 Å². The lowest BCUT2D eigenvalue weighted by Crippen LogP contribution is -2.34. The molecule has 1 unspecified atom stereocenters. The number of rotatable bonds is 3. The Morgan fingerprint density at radius 2 is 2.08 bits per heavy atom. The number of methoxy groups -OCH3 is 1. The van der Waals surface area contributed by atoms with Gasteiger partial charge in [-0.1, -0.05) is 6.07 Å². The number of amides is 2. The van der Waals surface area contributed by atoms with Gasteiger partial charge in [-0.2, -0.15) is 0 Å². The Morgan fingerprint density at radius 1 is 1.28 bits per heavy atom. The summed E-state index contributed by atoms with van der Waals surface area (Å²) in [6.07, 6.45) is 0. The third kappa shape index (κ3) is 3.90. The van der Waals surface area contributed by atoms with Gasteiger partial charge < -0.3 is 15.0 Å². The van der Waals surface area contributed by atoms with Crippen molar-refractivity contribution >= 4 is 39.4 Å². The highest BCUT2D eigenvalue weighted by atomic mass is 79.9.